The van der Waals surface area contributed by atoms with E-state index >= 15 is 0 Å². The van der Waals surface area contributed by atoms with E-state index in [1.54, 1.807) is 4.90 Å². The zero-order valence-corrected chi connectivity index (χ0v) is 27.7. The van der Waals surface area contributed by atoms with Crippen LogP contribution >= 0.6 is 0 Å². The SMILES string of the molecule is CCNC(=O)c1ccccc1-c1ccc(CN2C(=O)C(NC(=O)CC(C)(C)NCc3cc4ccccc4o3)CCc3ccccc32)cc1. The summed E-state index contributed by atoms with van der Waals surface area (Å²) >= 11 is 0. The summed E-state index contributed by atoms with van der Waals surface area (Å²) in [5, 5.41) is 10.4. The van der Waals surface area contributed by atoms with E-state index in [9.17, 15) is 14.4 Å². The first-order valence-corrected chi connectivity index (χ1v) is 16.6. The largest absolute Gasteiger partial charge is 0.460 e. The lowest BCUT2D eigenvalue weighted by Crippen LogP contribution is -2.50. The highest BCUT2D eigenvalue weighted by Crippen LogP contribution is 2.30. The number of fused-ring (bicyclic) bond motifs is 2. The molecular weight excluding hydrogens is 600 g/mol. The van der Waals surface area contributed by atoms with Crippen LogP contribution < -0.4 is 20.9 Å². The van der Waals surface area contributed by atoms with Gasteiger partial charge in [-0.25, -0.2) is 0 Å². The number of nitrogens with one attached hydrogen (secondary N) is 3. The van der Waals surface area contributed by atoms with Crippen molar-refractivity contribution in [2.45, 2.75) is 64.7 Å². The average molecular weight is 643 g/mol. The quantitative estimate of drug-likeness (QED) is 0.148. The molecule has 1 aliphatic heterocycles. The Balaban J connectivity index is 1.14. The molecule has 0 spiro atoms. The number of benzene rings is 4. The van der Waals surface area contributed by atoms with Crippen molar-refractivity contribution in [3.8, 4) is 11.1 Å². The van der Waals surface area contributed by atoms with Gasteiger partial charge < -0.3 is 25.3 Å². The highest BCUT2D eigenvalue weighted by Gasteiger charge is 2.33. The Labute approximate surface area is 281 Å². The number of nitrogens with zero attached hydrogens (tertiary/aromatic N) is 1. The van der Waals surface area contributed by atoms with Gasteiger partial charge in [-0.1, -0.05) is 78.9 Å². The third-order valence-electron chi connectivity index (χ3n) is 8.82. The minimum Gasteiger partial charge on any atom is -0.460 e. The van der Waals surface area contributed by atoms with Crippen molar-refractivity contribution < 1.29 is 18.8 Å². The molecule has 0 bridgehead atoms. The number of carbonyl (C=O) groups is 3. The summed E-state index contributed by atoms with van der Waals surface area (Å²) in [6.07, 6.45) is 1.39. The Morgan fingerprint density at radius 1 is 0.917 bits per heavy atom. The monoisotopic (exact) mass is 642 g/mol. The molecule has 6 rings (SSSR count). The second-order valence-corrected chi connectivity index (χ2v) is 13.0. The standard InChI is InChI=1S/C40H42N4O4/c1-4-41-38(46)33-14-8-7-13-32(33)28-19-17-27(18-20-28)26-44-35-15-9-5-11-29(35)21-22-34(39(44)47)43-37(45)24-40(2,3)42-25-31-23-30-12-6-10-16-36(30)48-31/h5-20,23,34,42H,4,21-22,24-26H2,1-3H3,(H,41,46)(H,43,45). The molecule has 0 aliphatic carbocycles. The summed E-state index contributed by atoms with van der Waals surface area (Å²) in [6, 6.07) is 32.7. The minimum absolute atomic E-state index is 0.109. The predicted octanol–water partition coefficient (Wildman–Crippen LogP) is 6.77. The van der Waals surface area contributed by atoms with Gasteiger partial charge in [0.2, 0.25) is 11.8 Å². The highest BCUT2D eigenvalue weighted by molar-refractivity contribution is 6.01. The van der Waals surface area contributed by atoms with Crippen LogP contribution in [0.25, 0.3) is 22.1 Å². The average Bonchev–Trinajstić information content (AvgIpc) is 3.47. The second kappa shape index (κ2) is 14.3. The van der Waals surface area contributed by atoms with E-state index in [4.69, 9.17) is 4.42 Å². The van der Waals surface area contributed by atoms with Gasteiger partial charge in [0.25, 0.3) is 5.91 Å². The number of anilines is 1. The van der Waals surface area contributed by atoms with E-state index in [-0.39, 0.29) is 24.1 Å². The lowest BCUT2D eigenvalue weighted by Gasteiger charge is -2.29. The molecule has 1 unspecified atom stereocenters. The molecule has 246 valence electrons. The van der Waals surface area contributed by atoms with Crippen molar-refractivity contribution in [3.63, 3.8) is 0 Å². The molecule has 8 nitrogen and oxygen atoms in total. The first-order chi connectivity index (χ1) is 23.2. The molecule has 1 aromatic heterocycles. The molecule has 8 heteroatoms. The molecule has 4 aromatic carbocycles. The van der Waals surface area contributed by atoms with Crippen LogP contribution in [0.4, 0.5) is 5.69 Å². The molecule has 0 radical (unpaired) electrons. The van der Waals surface area contributed by atoms with Crippen LogP contribution in [0.3, 0.4) is 0 Å². The molecule has 1 aliphatic rings. The third kappa shape index (κ3) is 7.50. The van der Waals surface area contributed by atoms with Crippen molar-refractivity contribution in [2.75, 3.05) is 11.4 Å². The molecule has 0 saturated carbocycles. The fourth-order valence-electron chi connectivity index (χ4n) is 6.33. The van der Waals surface area contributed by atoms with E-state index in [0.717, 1.165) is 44.7 Å². The number of furan rings is 1. The Morgan fingerprint density at radius 2 is 1.65 bits per heavy atom. The first kappa shape index (κ1) is 32.7. The van der Waals surface area contributed by atoms with Gasteiger partial charge in [0.05, 0.1) is 13.1 Å². The van der Waals surface area contributed by atoms with Gasteiger partial charge in [0, 0.05) is 35.1 Å². The number of rotatable bonds is 11. The van der Waals surface area contributed by atoms with Gasteiger partial charge in [0.15, 0.2) is 0 Å². The van der Waals surface area contributed by atoms with Crippen molar-refractivity contribution in [2.24, 2.45) is 0 Å². The normalized spacial score (nSPS) is 14.8. The van der Waals surface area contributed by atoms with Gasteiger partial charge >= 0.3 is 0 Å². The number of hydrogen-bond acceptors (Lipinski definition) is 5. The zero-order valence-electron chi connectivity index (χ0n) is 27.7. The van der Waals surface area contributed by atoms with Crippen molar-refractivity contribution >= 4 is 34.4 Å². The maximum Gasteiger partial charge on any atom is 0.251 e. The van der Waals surface area contributed by atoms with Crippen LogP contribution in [0.15, 0.2) is 108 Å². The van der Waals surface area contributed by atoms with E-state index in [1.807, 2.05) is 124 Å². The molecule has 0 saturated heterocycles. The Hall–Kier alpha value is -5.21. The fourth-order valence-corrected chi connectivity index (χ4v) is 6.33. The summed E-state index contributed by atoms with van der Waals surface area (Å²) in [7, 11) is 0. The Kier molecular flexibility index (Phi) is 9.73. The Morgan fingerprint density at radius 3 is 2.44 bits per heavy atom. The topological polar surface area (TPSA) is 104 Å². The van der Waals surface area contributed by atoms with Crippen LogP contribution in [-0.2, 0) is 29.1 Å². The molecular formula is C40H42N4O4. The highest BCUT2D eigenvalue weighted by atomic mass is 16.3. The molecule has 5 aromatic rings. The second-order valence-electron chi connectivity index (χ2n) is 13.0. The van der Waals surface area contributed by atoms with E-state index in [0.29, 0.717) is 38.0 Å². The summed E-state index contributed by atoms with van der Waals surface area (Å²) < 4.78 is 5.93. The van der Waals surface area contributed by atoms with Gasteiger partial charge in [-0.2, -0.15) is 0 Å². The molecule has 1 atom stereocenters. The molecule has 3 N–H and O–H groups in total. The number of para-hydroxylation sites is 2. The smallest absolute Gasteiger partial charge is 0.251 e. The van der Waals surface area contributed by atoms with E-state index in [1.165, 1.54) is 0 Å². The van der Waals surface area contributed by atoms with E-state index < -0.39 is 11.6 Å². The first-order valence-electron chi connectivity index (χ1n) is 16.6. The van der Waals surface area contributed by atoms with Crippen LogP contribution in [-0.4, -0.2) is 35.8 Å². The molecule has 3 amide bonds. The molecule has 48 heavy (non-hydrogen) atoms. The van der Waals surface area contributed by atoms with Crippen molar-refractivity contribution in [1.82, 2.24) is 16.0 Å². The maximum atomic E-state index is 14.1. The van der Waals surface area contributed by atoms with Crippen molar-refractivity contribution in [1.29, 1.82) is 0 Å². The molecule has 2 heterocycles. The molecule has 0 fully saturated rings. The number of hydrogen-bond donors (Lipinski definition) is 3. The van der Waals surface area contributed by atoms with Crippen molar-refractivity contribution in [3.05, 3.63) is 126 Å². The zero-order chi connectivity index (χ0) is 33.7. The maximum absolute atomic E-state index is 14.1. The van der Waals surface area contributed by atoms with Gasteiger partial charge in [-0.3, -0.25) is 14.4 Å². The summed E-state index contributed by atoms with van der Waals surface area (Å²) in [5.74, 6) is 0.377. The number of carbonyl (C=O) groups excluding carboxylic acids is 3. The Bertz CT molecular complexity index is 1890. The predicted molar refractivity (Wildman–Crippen MR) is 190 cm³/mol. The van der Waals surface area contributed by atoms with E-state index in [2.05, 4.69) is 16.0 Å². The lowest BCUT2D eigenvalue weighted by atomic mass is 9.98. The van der Waals surface area contributed by atoms with Crippen LogP contribution in [0.5, 0.6) is 0 Å². The van der Waals surface area contributed by atoms with Gasteiger partial charge in [-0.15, -0.1) is 0 Å². The summed E-state index contributed by atoms with van der Waals surface area (Å²) in [5.41, 5.74) is 5.57. The van der Waals surface area contributed by atoms with Gasteiger partial charge in [0.1, 0.15) is 17.4 Å². The lowest BCUT2D eigenvalue weighted by molar-refractivity contribution is -0.128. The summed E-state index contributed by atoms with van der Waals surface area (Å²) in [6.45, 7) is 7.24. The van der Waals surface area contributed by atoms with Crippen LogP contribution in [0.1, 0.15) is 60.9 Å². The van der Waals surface area contributed by atoms with Crippen LogP contribution in [0.2, 0.25) is 0 Å². The third-order valence-corrected chi connectivity index (χ3v) is 8.82. The van der Waals surface area contributed by atoms with Gasteiger partial charge in [-0.05, 0) is 80.1 Å². The minimum atomic E-state index is -0.653. The number of aryl methyl sites for hydroxylation is 1. The van der Waals surface area contributed by atoms with Crippen LogP contribution in [0, 0.1) is 0 Å². The number of amides is 3. The summed E-state index contributed by atoms with van der Waals surface area (Å²) in [4.78, 5) is 42.0. The fraction of sp³-hybridized carbons (Fsp3) is 0.275.